The summed E-state index contributed by atoms with van der Waals surface area (Å²) in [6.07, 6.45) is 9.25. The molecular formula is C21H23N3S. The van der Waals surface area contributed by atoms with E-state index in [9.17, 15) is 0 Å². The van der Waals surface area contributed by atoms with E-state index in [4.69, 9.17) is 5.10 Å². The molecule has 128 valence electrons. The normalized spacial score (nSPS) is 18.2. The predicted molar refractivity (Wildman–Crippen MR) is 107 cm³/mol. The lowest BCUT2D eigenvalue weighted by atomic mass is 9.98. The van der Waals surface area contributed by atoms with Crippen molar-refractivity contribution in [3.8, 4) is 5.69 Å². The highest BCUT2D eigenvalue weighted by Crippen LogP contribution is 2.29. The van der Waals surface area contributed by atoms with Crippen LogP contribution in [0.4, 0.5) is 0 Å². The van der Waals surface area contributed by atoms with E-state index < -0.39 is 0 Å². The van der Waals surface area contributed by atoms with Crippen LogP contribution in [0, 0.1) is 5.92 Å². The van der Waals surface area contributed by atoms with Crippen LogP contribution >= 0.6 is 11.8 Å². The van der Waals surface area contributed by atoms with Crippen LogP contribution in [0.3, 0.4) is 0 Å². The number of piperidine rings is 1. The highest BCUT2D eigenvalue weighted by molar-refractivity contribution is 7.98. The number of fused-ring (bicyclic) bond motifs is 1. The lowest BCUT2D eigenvalue weighted by molar-refractivity contribution is 0.439. The highest BCUT2D eigenvalue weighted by Gasteiger charge is 2.12. The summed E-state index contributed by atoms with van der Waals surface area (Å²) in [5.74, 6) is 0.644. The van der Waals surface area contributed by atoms with Crippen LogP contribution in [0.5, 0.6) is 0 Å². The Morgan fingerprint density at radius 1 is 1.20 bits per heavy atom. The molecule has 1 atom stereocenters. The van der Waals surface area contributed by atoms with Gasteiger partial charge in [0.15, 0.2) is 0 Å². The monoisotopic (exact) mass is 349 g/mol. The summed E-state index contributed by atoms with van der Waals surface area (Å²) in [5, 5.41) is 10.6. The van der Waals surface area contributed by atoms with Crippen LogP contribution in [0.2, 0.25) is 0 Å². The van der Waals surface area contributed by atoms with Crippen molar-refractivity contribution in [2.45, 2.75) is 17.9 Å². The third-order valence-corrected chi connectivity index (χ3v) is 5.45. The van der Waals surface area contributed by atoms with Crippen LogP contribution in [0.1, 0.15) is 18.4 Å². The Kier molecular flexibility index (Phi) is 4.90. The standard InChI is InChI=1S/C21H23N3S/c1-25-21-19-12-11-16(9-10-17-6-5-13-22-15-17)14-20(19)24(23-21)18-7-3-2-4-8-18/h2-4,7-12,14,17,22H,5-6,13,15H2,1H3/b10-9+. The number of rotatable bonds is 4. The highest BCUT2D eigenvalue weighted by atomic mass is 32.2. The minimum absolute atomic E-state index is 0.644. The summed E-state index contributed by atoms with van der Waals surface area (Å²) in [4.78, 5) is 0. The van der Waals surface area contributed by atoms with Gasteiger partial charge in [0.1, 0.15) is 5.03 Å². The van der Waals surface area contributed by atoms with Crippen molar-refractivity contribution in [2.75, 3.05) is 19.3 Å². The lowest BCUT2D eigenvalue weighted by Crippen LogP contribution is -2.28. The number of nitrogens with zero attached hydrogens (tertiary/aromatic N) is 2. The van der Waals surface area contributed by atoms with E-state index in [0.717, 1.165) is 23.8 Å². The molecule has 1 N–H and O–H groups in total. The van der Waals surface area contributed by atoms with Gasteiger partial charge < -0.3 is 5.32 Å². The van der Waals surface area contributed by atoms with E-state index in [1.807, 2.05) is 6.07 Å². The zero-order valence-corrected chi connectivity index (χ0v) is 15.3. The Balaban J connectivity index is 1.72. The molecule has 0 amide bonds. The summed E-state index contributed by atoms with van der Waals surface area (Å²) in [7, 11) is 0. The van der Waals surface area contributed by atoms with Crippen LogP contribution < -0.4 is 5.32 Å². The summed E-state index contributed by atoms with van der Waals surface area (Å²) < 4.78 is 2.06. The zero-order valence-electron chi connectivity index (χ0n) is 14.5. The summed E-state index contributed by atoms with van der Waals surface area (Å²) in [5.41, 5.74) is 3.51. The minimum Gasteiger partial charge on any atom is -0.316 e. The molecule has 1 fully saturated rings. The minimum atomic E-state index is 0.644. The van der Waals surface area contributed by atoms with Crippen molar-refractivity contribution in [1.82, 2.24) is 15.1 Å². The number of benzene rings is 2. The Labute approximate surface area is 153 Å². The summed E-state index contributed by atoms with van der Waals surface area (Å²) in [6, 6.07) is 17.0. The molecule has 2 heterocycles. The number of para-hydroxylation sites is 1. The summed E-state index contributed by atoms with van der Waals surface area (Å²) in [6.45, 7) is 2.25. The maximum Gasteiger partial charge on any atom is 0.126 e. The molecular weight excluding hydrogens is 326 g/mol. The van der Waals surface area contributed by atoms with Gasteiger partial charge in [-0.3, -0.25) is 0 Å². The number of hydrogen-bond donors (Lipinski definition) is 1. The van der Waals surface area contributed by atoms with E-state index in [-0.39, 0.29) is 0 Å². The Hall–Kier alpha value is -2.04. The average Bonchev–Trinajstić information content (AvgIpc) is 3.06. The third-order valence-electron chi connectivity index (χ3n) is 4.76. The number of hydrogen-bond acceptors (Lipinski definition) is 3. The van der Waals surface area contributed by atoms with Gasteiger partial charge in [0.25, 0.3) is 0 Å². The molecule has 1 aromatic heterocycles. The van der Waals surface area contributed by atoms with Gasteiger partial charge in [-0.1, -0.05) is 36.4 Å². The zero-order chi connectivity index (χ0) is 17.1. The van der Waals surface area contributed by atoms with Crippen molar-refractivity contribution >= 4 is 28.7 Å². The molecule has 0 saturated carbocycles. The smallest absolute Gasteiger partial charge is 0.126 e. The van der Waals surface area contributed by atoms with Crippen LogP contribution in [-0.2, 0) is 0 Å². The lowest BCUT2D eigenvalue weighted by Gasteiger charge is -2.19. The van der Waals surface area contributed by atoms with Crippen molar-refractivity contribution in [1.29, 1.82) is 0 Å². The predicted octanol–water partition coefficient (Wildman–Crippen LogP) is 4.76. The van der Waals surface area contributed by atoms with Crippen LogP contribution in [-0.4, -0.2) is 29.1 Å². The molecule has 1 aliphatic rings. The van der Waals surface area contributed by atoms with Gasteiger partial charge in [0.2, 0.25) is 0 Å². The van der Waals surface area contributed by atoms with Gasteiger partial charge in [-0.2, -0.15) is 5.10 Å². The molecule has 2 aromatic carbocycles. The van der Waals surface area contributed by atoms with Gasteiger partial charge >= 0.3 is 0 Å². The molecule has 0 bridgehead atoms. The van der Waals surface area contributed by atoms with E-state index in [1.54, 1.807) is 11.8 Å². The third kappa shape index (κ3) is 3.51. The second-order valence-electron chi connectivity index (χ2n) is 6.50. The number of aromatic nitrogens is 2. The molecule has 1 unspecified atom stereocenters. The first-order valence-corrected chi connectivity index (χ1v) is 10.1. The average molecular weight is 350 g/mol. The summed E-state index contributed by atoms with van der Waals surface area (Å²) >= 11 is 1.70. The molecule has 3 nitrogen and oxygen atoms in total. The SMILES string of the molecule is CSc1nn(-c2ccccc2)c2cc(/C=C/C3CCCNC3)ccc12. The molecule has 0 radical (unpaired) electrons. The molecule has 4 rings (SSSR count). The van der Waals surface area contributed by atoms with Gasteiger partial charge in [-0.15, -0.1) is 11.8 Å². The van der Waals surface area contributed by atoms with E-state index in [2.05, 4.69) is 70.9 Å². The quantitative estimate of drug-likeness (QED) is 0.689. The molecule has 0 spiro atoms. The Morgan fingerprint density at radius 2 is 2.08 bits per heavy atom. The molecule has 0 aliphatic carbocycles. The van der Waals surface area contributed by atoms with Crippen LogP contribution in [0.15, 0.2) is 59.6 Å². The fourth-order valence-electron chi connectivity index (χ4n) is 3.41. The van der Waals surface area contributed by atoms with E-state index in [1.165, 1.54) is 29.3 Å². The maximum absolute atomic E-state index is 4.81. The van der Waals surface area contributed by atoms with Crippen molar-refractivity contribution in [3.05, 3.63) is 60.2 Å². The van der Waals surface area contributed by atoms with Gasteiger partial charge in [0.05, 0.1) is 11.2 Å². The first-order chi connectivity index (χ1) is 12.3. The van der Waals surface area contributed by atoms with Gasteiger partial charge in [-0.25, -0.2) is 4.68 Å². The molecule has 25 heavy (non-hydrogen) atoms. The molecule has 1 aliphatic heterocycles. The fraction of sp³-hybridized carbons (Fsp3) is 0.286. The van der Waals surface area contributed by atoms with Crippen molar-refractivity contribution in [2.24, 2.45) is 5.92 Å². The second-order valence-corrected chi connectivity index (χ2v) is 7.29. The first kappa shape index (κ1) is 16.4. The largest absolute Gasteiger partial charge is 0.316 e. The molecule has 1 saturated heterocycles. The maximum atomic E-state index is 4.81. The molecule has 3 aromatic rings. The fourth-order valence-corrected chi connectivity index (χ4v) is 3.97. The van der Waals surface area contributed by atoms with E-state index in [0.29, 0.717) is 5.92 Å². The first-order valence-electron chi connectivity index (χ1n) is 8.86. The number of thioether (sulfide) groups is 1. The topological polar surface area (TPSA) is 29.9 Å². The number of nitrogens with one attached hydrogen (secondary N) is 1. The Bertz CT molecular complexity index is 877. The van der Waals surface area contributed by atoms with Crippen molar-refractivity contribution in [3.63, 3.8) is 0 Å². The van der Waals surface area contributed by atoms with Gasteiger partial charge in [-0.05, 0) is 61.4 Å². The van der Waals surface area contributed by atoms with E-state index >= 15 is 0 Å². The Morgan fingerprint density at radius 3 is 2.84 bits per heavy atom. The van der Waals surface area contributed by atoms with Gasteiger partial charge in [0, 0.05) is 11.9 Å². The molecule has 4 heteroatoms. The van der Waals surface area contributed by atoms with Crippen molar-refractivity contribution < 1.29 is 0 Å². The second kappa shape index (κ2) is 7.46. The van der Waals surface area contributed by atoms with Crippen LogP contribution in [0.25, 0.3) is 22.7 Å².